The SMILES string of the molecule is CC(C)NC(=O)c1cn2c(n1)[C@@H](C)N(C(=O)c1cn(C)cn1)CC2. The molecule has 3 heterocycles. The van der Waals surface area contributed by atoms with E-state index in [1.807, 2.05) is 32.4 Å². The predicted molar refractivity (Wildman–Crippen MR) is 87.5 cm³/mol. The Bertz CT molecular complexity index is 775. The average molecular weight is 330 g/mol. The molecular formula is C16H22N6O2. The molecule has 0 aromatic carbocycles. The second-order valence-corrected chi connectivity index (χ2v) is 6.40. The van der Waals surface area contributed by atoms with Crippen LogP contribution in [0.4, 0.5) is 0 Å². The third kappa shape index (κ3) is 2.91. The van der Waals surface area contributed by atoms with Crippen molar-refractivity contribution in [2.24, 2.45) is 7.05 Å². The topological polar surface area (TPSA) is 85.0 Å². The monoisotopic (exact) mass is 330 g/mol. The quantitative estimate of drug-likeness (QED) is 0.909. The second-order valence-electron chi connectivity index (χ2n) is 6.40. The Balaban J connectivity index is 1.82. The number of nitrogens with zero attached hydrogens (tertiary/aromatic N) is 5. The molecule has 0 radical (unpaired) electrons. The van der Waals surface area contributed by atoms with Crippen LogP contribution in [0.1, 0.15) is 53.6 Å². The number of amides is 2. The summed E-state index contributed by atoms with van der Waals surface area (Å²) in [7, 11) is 1.83. The van der Waals surface area contributed by atoms with Gasteiger partial charge in [0.25, 0.3) is 11.8 Å². The minimum atomic E-state index is -0.214. The van der Waals surface area contributed by atoms with E-state index in [2.05, 4.69) is 15.3 Å². The fourth-order valence-electron chi connectivity index (χ4n) is 2.88. The normalized spacial score (nSPS) is 17.0. The van der Waals surface area contributed by atoms with E-state index in [4.69, 9.17) is 0 Å². The maximum atomic E-state index is 12.7. The summed E-state index contributed by atoms with van der Waals surface area (Å²) in [6.07, 6.45) is 5.07. The summed E-state index contributed by atoms with van der Waals surface area (Å²) in [5.74, 6) is 0.409. The smallest absolute Gasteiger partial charge is 0.274 e. The number of carbonyl (C=O) groups is 2. The van der Waals surface area contributed by atoms with Gasteiger partial charge in [-0.15, -0.1) is 0 Å². The van der Waals surface area contributed by atoms with Crippen LogP contribution < -0.4 is 5.32 Å². The third-order valence-electron chi connectivity index (χ3n) is 4.07. The summed E-state index contributed by atoms with van der Waals surface area (Å²) >= 11 is 0. The molecular weight excluding hydrogens is 308 g/mol. The second kappa shape index (κ2) is 6.10. The van der Waals surface area contributed by atoms with E-state index in [0.717, 1.165) is 5.82 Å². The molecule has 0 saturated heterocycles. The third-order valence-corrected chi connectivity index (χ3v) is 4.07. The lowest BCUT2D eigenvalue weighted by Crippen LogP contribution is -2.41. The highest BCUT2D eigenvalue weighted by atomic mass is 16.2. The van der Waals surface area contributed by atoms with Crippen molar-refractivity contribution < 1.29 is 9.59 Å². The number of imidazole rings is 2. The van der Waals surface area contributed by atoms with Crippen LogP contribution in [0, 0.1) is 0 Å². The van der Waals surface area contributed by atoms with Gasteiger partial charge in [0.05, 0.1) is 12.4 Å². The molecule has 8 heteroatoms. The Labute approximate surface area is 140 Å². The molecule has 3 rings (SSSR count). The lowest BCUT2D eigenvalue weighted by atomic mass is 10.2. The standard InChI is InChI=1S/C16H22N6O2/c1-10(2)18-15(23)12-8-21-5-6-22(11(3)14(21)19-12)16(24)13-7-20(4)9-17-13/h7-11H,5-6H2,1-4H3,(H,18,23)/t11-/m1/s1. The maximum absolute atomic E-state index is 12.7. The number of carbonyl (C=O) groups excluding carboxylic acids is 2. The number of hydrogen-bond acceptors (Lipinski definition) is 4. The Kier molecular flexibility index (Phi) is 4.13. The van der Waals surface area contributed by atoms with Gasteiger partial charge in [-0.2, -0.15) is 0 Å². The van der Waals surface area contributed by atoms with E-state index < -0.39 is 0 Å². The first-order chi connectivity index (χ1) is 11.4. The van der Waals surface area contributed by atoms with Gasteiger partial charge in [-0.1, -0.05) is 0 Å². The number of fused-ring (bicyclic) bond motifs is 1. The zero-order valence-corrected chi connectivity index (χ0v) is 14.4. The summed E-state index contributed by atoms with van der Waals surface area (Å²) in [6.45, 7) is 6.90. The number of rotatable bonds is 3. The molecule has 0 saturated carbocycles. The lowest BCUT2D eigenvalue weighted by Gasteiger charge is -2.33. The summed E-state index contributed by atoms with van der Waals surface area (Å²) in [4.78, 5) is 35.1. The van der Waals surface area contributed by atoms with Crippen LogP contribution >= 0.6 is 0 Å². The fraction of sp³-hybridized carbons (Fsp3) is 0.500. The van der Waals surface area contributed by atoms with Crippen molar-refractivity contribution >= 4 is 11.8 Å². The van der Waals surface area contributed by atoms with Gasteiger partial charge in [0.2, 0.25) is 0 Å². The minimum Gasteiger partial charge on any atom is -0.348 e. The van der Waals surface area contributed by atoms with Crippen LogP contribution in [-0.4, -0.2) is 48.4 Å². The fourth-order valence-corrected chi connectivity index (χ4v) is 2.88. The molecule has 0 fully saturated rings. The van der Waals surface area contributed by atoms with Crippen molar-refractivity contribution in [3.8, 4) is 0 Å². The number of hydrogen-bond donors (Lipinski definition) is 1. The zero-order valence-electron chi connectivity index (χ0n) is 14.4. The van der Waals surface area contributed by atoms with E-state index in [0.29, 0.717) is 24.5 Å². The predicted octanol–water partition coefficient (Wildman–Crippen LogP) is 0.972. The van der Waals surface area contributed by atoms with E-state index >= 15 is 0 Å². The van der Waals surface area contributed by atoms with Gasteiger partial charge < -0.3 is 19.4 Å². The molecule has 128 valence electrons. The molecule has 2 aromatic heterocycles. The van der Waals surface area contributed by atoms with Crippen LogP contribution in [0.25, 0.3) is 0 Å². The van der Waals surface area contributed by atoms with E-state index in [9.17, 15) is 9.59 Å². The Morgan fingerprint density at radius 3 is 2.62 bits per heavy atom. The van der Waals surface area contributed by atoms with Crippen LogP contribution in [0.15, 0.2) is 18.7 Å². The highest BCUT2D eigenvalue weighted by molar-refractivity contribution is 5.93. The molecule has 0 unspecified atom stereocenters. The van der Waals surface area contributed by atoms with Gasteiger partial charge in [-0.25, -0.2) is 9.97 Å². The van der Waals surface area contributed by atoms with Crippen molar-refractivity contribution in [2.45, 2.75) is 39.4 Å². The van der Waals surface area contributed by atoms with Crippen molar-refractivity contribution in [3.05, 3.63) is 35.9 Å². The molecule has 1 aliphatic rings. The molecule has 8 nitrogen and oxygen atoms in total. The largest absolute Gasteiger partial charge is 0.348 e. The van der Waals surface area contributed by atoms with Crippen molar-refractivity contribution in [1.82, 2.24) is 29.3 Å². The maximum Gasteiger partial charge on any atom is 0.274 e. The lowest BCUT2D eigenvalue weighted by molar-refractivity contribution is 0.0632. The Hall–Kier alpha value is -2.64. The highest BCUT2D eigenvalue weighted by Crippen LogP contribution is 2.26. The van der Waals surface area contributed by atoms with E-state index in [-0.39, 0.29) is 23.9 Å². The molecule has 1 aliphatic heterocycles. The summed E-state index contributed by atoms with van der Waals surface area (Å²) < 4.78 is 3.69. The molecule has 0 aliphatic carbocycles. The molecule has 1 atom stereocenters. The first-order valence-corrected chi connectivity index (χ1v) is 8.03. The number of aryl methyl sites for hydroxylation is 1. The van der Waals surface area contributed by atoms with Crippen molar-refractivity contribution in [2.75, 3.05) is 6.54 Å². The number of aromatic nitrogens is 4. The van der Waals surface area contributed by atoms with Crippen molar-refractivity contribution in [1.29, 1.82) is 0 Å². The van der Waals surface area contributed by atoms with Gasteiger partial charge in [-0.3, -0.25) is 9.59 Å². The average Bonchev–Trinajstić information content (AvgIpc) is 3.13. The van der Waals surface area contributed by atoms with Crippen LogP contribution in [0.5, 0.6) is 0 Å². The van der Waals surface area contributed by atoms with Gasteiger partial charge in [0.15, 0.2) is 0 Å². The van der Waals surface area contributed by atoms with Gasteiger partial charge in [0, 0.05) is 38.6 Å². The van der Waals surface area contributed by atoms with Gasteiger partial charge in [0.1, 0.15) is 17.2 Å². The van der Waals surface area contributed by atoms with E-state index in [1.54, 1.807) is 28.2 Å². The van der Waals surface area contributed by atoms with Crippen LogP contribution in [0.3, 0.4) is 0 Å². The minimum absolute atomic E-state index is 0.0517. The first-order valence-electron chi connectivity index (χ1n) is 8.03. The van der Waals surface area contributed by atoms with Crippen LogP contribution in [0.2, 0.25) is 0 Å². The van der Waals surface area contributed by atoms with Gasteiger partial charge in [-0.05, 0) is 20.8 Å². The van der Waals surface area contributed by atoms with Crippen molar-refractivity contribution in [3.63, 3.8) is 0 Å². The highest BCUT2D eigenvalue weighted by Gasteiger charge is 2.32. The summed E-state index contributed by atoms with van der Waals surface area (Å²) in [5.41, 5.74) is 0.805. The number of nitrogens with one attached hydrogen (secondary N) is 1. The van der Waals surface area contributed by atoms with E-state index in [1.165, 1.54) is 0 Å². The van der Waals surface area contributed by atoms with Crippen LogP contribution in [-0.2, 0) is 13.6 Å². The van der Waals surface area contributed by atoms with Gasteiger partial charge >= 0.3 is 0 Å². The molecule has 0 spiro atoms. The Morgan fingerprint density at radius 2 is 2.00 bits per heavy atom. The molecule has 2 amide bonds. The molecule has 0 bridgehead atoms. The Morgan fingerprint density at radius 1 is 1.25 bits per heavy atom. The summed E-state index contributed by atoms with van der Waals surface area (Å²) in [5, 5.41) is 2.84. The zero-order chi connectivity index (χ0) is 17.4. The first kappa shape index (κ1) is 16.2. The molecule has 1 N–H and O–H groups in total. The summed E-state index contributed by atoms with van der Waals surface area (Å²) in [6, 6.07) is -0.162. The molecule has 24 heavy (non-hydrogen) atoms. The molecule has 2 aromatic rings.